The molecule has 0 bridgehead atoms. The number of imidazole rings is 1. The number of fused-ring (bicyclic) bond motifs is 1. The molecular weight excluding hydrogens is 530 g/mol. The number of halogens is 2. The van der Waals surface area contributed by atoms with Gasteiger partial charge in [-0.3, -0.25) is 4.79 Å². The van der Waals surface area contributed by atoms with Gasteiger partial charge in [-0.15, -0.1) is 0 Å². The molecular formula is C29H30F2N8O2. The maximum absolute atomic E-state index is 13.8. The zero-order valence-corrected chi connectivity index (χ0v) is 23.3. The van der Waals surface area contributed by atoms with Gasteiger partial charge in [0.1, 0.15) is 29.1 Å². The second-order valence-corrected chi connectivity index (χ2v) is 10.5. The number of likely N-dealkylation sites (N-methyl/N-ethyl adjacent to an activating group) is 1. The van der Waals surface area contributed by atoms with Crippen molar-refractivity contribution in [1.82, 2.24) is 29.5 Å². The highest BCUT2D eigenvalue weighted by molar-refractivity contribution is 6.02. The van der Waals surface area contributed by atoms with E-state index in [-0.39, 0.29) is 18.1 Å². The topological polar surface area (TPSA) is 102 Å². The fourth-order valence-corrected chi connectivity index (χ4v) is 5.18. The van der Waals surface area contributed by atoms with E-state index in [0.29, 0.717) is 59.2 Å². The van der Waals surface area contributed by atoms with E-state index in [1.165, 1.54) is 12.5 Å². The zero-order valence-electron chi connectivity index (χ0n) is 23.3. The minimum absolute atomic E-state index is 0.0479. The number of nitrogens with zero attached hydrogens (tertiary/aromatic N) is 8. The Balaban J connectivity index is 1.34. The molecule has 1 aromatic carbocycles. The Morgan fingerprint density at radius 3 is 2.49 bits per heavy atom. The van der Waals surface area contributed by atoms with Crippen LogP contribution in [-0.4, -0.2) is 55.6 Å². The van der Waals surface area contributed by atoms with Gasteiger partial charge in [0.2, 0.25) is 11.8 Å². The molecule has 1 aliphatic carbocycles. The highest BCUT2D eigenvalue weighted by Crippen LogP contribution is 2.45. The predicted molar refractivity (Wildman–Crippen MR) is 149 cm³/mol. The number of aromatic nitrogens is 6. The summed E-state index contributed by atoms with van der Waals surface area (Å²) in [5, 5.41) is 0. The molecule has 1 aliphatic heterocycles. The molecule has 1 amide bonds. The molecule has 0 atom stereocenters. The smallest absolute Gasteiger partial charge is 0.288 e. The van der Waals surface area contributed by atoms with Crippen LogP contribution in [-0.2, 0) is 24.3 Å². The minimum atomic E-state index is -3.02. The number of carbonyl (C=O) groups is 1. The molecule has 0 saturated heterocycles. The highest BCUT2D eigenvalue weighted by Gasteiger charge is 2.34. The van der Waals surface area contributed by atoms with Crippen LogP contribution < -0.4 is 14.5 Å². The number of alkyl halides is 2. The number of amides is 1. The molecule has 41 heavy (non-hydrogen) atoms. The molecule has 4 aromatic rings. The van der Waals surface area contributed by atoms with Gasteiger partial charge in [-0.2, -0.15) is 8.78 Å². The summed E-state index contributed by atoms with van der Waals surface area (Å²) < 4.78 is 34.8. The number of anilines is 2. The number of hydrogen-bond donors (Lipinski definition) is 0. The van der Waals surface area contributed by atoms with E-state index in [1.807, 2.05) is 36.1 Å². The fraction of sp³-hybridized carbons (Fsp3) is 0.379. The van der Waals surface area contributed by atoms with Crippen molar-refractivity contribution in [2.24, 2.45) is 7.05 Å². The maximum atomic E-state index is 13.8. The summed E-state index contributed by atoms with van der Waals surface area (Å²) in [4.78, 5) is 39.2. The van der Waals surface area contributed by atoms with E-state index in [2.05, 4.69) is 19.9 Å². The van der Waals surface area contributed by atoms with Gasteiger partial charge in [0.15, 0.2) is 11.6 Å². The number of ether oxygens (including phenoxy) is 1. The van der Waals surface area contributed by atoms with E-state index in [1.54, 1.807) is 29.8 Å². The molecule has 4 heterocycles. The summed E-state index contributed by atoms with van der Waals surface area (Å²) in [5.74, 6) is -0.794. The van der Waals surface area contributed by atoms with Crippen LogP contribution in [0.5, 0.6) is 5.88 Å². The van der Waals surface area contributed by atoms with E-state index < -0.39 is 5.92 Å². The summed E-state index contributed by atoms with van der Waals surface area (Å²) in [6.07, 6.45) is 6.61. The molecule has 212 valence electrons. The van der Waals surface area contributed by atoms with Crippen LogP contribution in [0.25, 0.3) is 22.8 Å². The lowest BCUT2D eigenvalue weighted by molar-refractivity contribution is -0.117. The summed E-state index contributed by atoms with van der Waals surface area (Å²) in [7, 11) is 3.26. The number of benzene rings is 1. The first-order chi connectivity index (χ1) is 19.7. The Kier molecular flexibility index (Phi) is 6.63. The lowest BCUT2D eigenvalue weighted by Gasteiger charge is -2.35. The predicted octanol–water partition coefficient (Wildman–Crippen LogP) is 4.70. The minimum Gasteiger partial charge on any atom is -0.480 e. The zero-order chi connectivity index (χ0) is 28.9. The van der Waals surface area contributed by atoms with Crippen molar-refractivity contribution >= 4 is 17.4 Å². The van der Waals surface area contributed by atoms with Crippen molar-refractivity contribution in [2.45, 2.75) is 45.1 Å². The van der Waals surface area contributed by atoms with Gasteiger partial charge in [-0.1, -0.05) is 24.3 Å². The molecule has 0 N–H and O–H groups in total. The van der Waals surface area contributed by atoms with Crippen LogP contribution >= 0.6 is 0 Å². The lowest BCUT2D eigenvalue weighted by atomic mass is 10.1. The van der Waals surface area contributed by atoms with E-state index in [4.69, 9.17) is 9.72 Å². The van der Waals surface area contributed by atoms with Crippen LogP contribution in [0.2, 0.25) is 0 Å². The number of carbonyl (C=O) groups excluding carboxylic acids is 1. The number of aryl methyl sites for hydroxylation is 1. The quantitative estimate of drug-likeness (QED) is 0.306. The monoisotopic (exact) mass is 560 g/mol. The lowest BCUT2D eigenvalue weighted by Crippen LogP contribution is -2.46. The molecule has 0 spiro atoms. The SMILES string of the molecule is CCN1C(=O)CN(Cc2ccc(-c3nc(C(C)(F)F)cn3C)cc2)c2nc(-c3c(OC)ncnc3C3CC3)ncc21. The third-order valence-electron chi connectivity index (χ3n) is 7.42. The van der Waals surface area contributed by atoms with Crippen molar-refractivity contribution in [3.8, 4) is 28.7 Å². The molecule has 6 rings (SSSR count). The molecule has 1 saturated carbocycles. The van der Waals surface area contributed by atoms with Crippen LogP contribution in [0.1, 0.15) is 49.6 Å². The maximum Gasteiger partial charge on any atom is 0.288 e. The van der Waals surface area contributed by atoms with Crippen molar-refractivity contribution in [3.63, 3.8) is 0 Å². The molecule has 2 aliphatic rings. The van der Waals surface area contributed by atoms with E-state index in [0.717, 1.165) is 31.0 Å². The number of hydrogen-bond acceptors (Lipinski definition) is 8. The fourth-order valence-electron chi connectivity index (χ4n) is 5.18. The van der Waals surface area contributed by atoms with Crippen molar-refractivity contribution in [3.05, 3.63) is 59.9 Å². The third-order valence-corrected chi connectivity index (χ3v) is 7.42. The van der Waals surface area contributed by atoms with Gasteiger partial charge < -0.3 is 19.1 Å². The Bertz CT molecular complexity index is 1610. The average Bonchev–Trinajstić information content (AvgIpc) is 3.73. The van der Waals surface area contributed by atoms with E-state index >= 15 is 0 Å². The normalized spacial score (nSPS) is 15.3. The van der Waals surface area contributed by atoms with Gasteiger partial charge in [0, 0.05) is 44.7 Å². The molecule has 3 aromatic heterocycles. The Morgan fingerprint density at radius 2 is 1.85 bits per heavy atom. The molecule has 0 radical (unpaired) electrons. The van der Waals surface area contributed by atoms with Gasteiger partial charge in [-0.25, -0.2) is 24.9 Å². The largest absolute Gasteiger partial charge is 0.480 e. The molecule has 0 unspecified atom stereocenters. The van der Waals surface area contributed by atoms with Gasteiger partial charge in [0.05, 0.1) is 25.5 Å². The van der Waals surface area contributed by atoms with Crippen LogP contribution in [0.3, 0.4) is 0 Å². The summed E-state index contributed by atoms with van der Waals surface area (Å²) in [6, 6.07) is 7.51. The first-order valence-corrected chi connectivity index (χ1v) is 13.5. The standard InChI is InChI=1S/C29H30F2N8O2/c1-5-39-20-12-32-25(23-24(18-10-11-18)33-16-34-28(23)41-4)36-27(20)38(15-22(39)40)13-17-6-8-19(9-7-17)26-35-21(14-37(26)3)29(2,30)31/h6-9,12,14,16,18H,5,10-11,13,15H2,1-4H3. The van der Waals surface area contributed by atoms with Crippen LogP contribution in [0.15, 0.2) is 43.0 Å². The Hall–Kier alpha value is -4.48. The Morgan fingerprint density at radius 1 is 1.10 bits per heavy atom. The second-order valence-electron chi connectivity index (χ2n) is 10.5. The first kappa shape index (κ1) is 26.7. The number of rotatable bonds is 8. The summed E-state index contributed by atoms with van der Waals surface area (Å²) in [6.45, 7) is 3.79. The first-order valence-electron chi connectivity index (χ1n) is 13.5. The number of methoxy groups -OCH3 is 1. The van der Waals surface area contributed by atoms with Gasteiger partial charge in [-0.05, 0) is 25.3 Å². The van der Waals surface area contributed by atoms with Gasteiger partial charge >= 0.3 is 0 Å². The molecule has 1 fully saturated rings. The third kappa shape index (κ3) is 4.98. The second kappa shape index (κ2) is 10.2. The summed E-state index contributed by atoms with van der Waals surface area (Å²) >= 11 is 0. The summed E-state index contributed by atoms with van der Waals surface area (Å²) in [5.41, 5.74) is 3.55. The Labute approximate surface area is 236 Å². The van der Waals surface area contributed by atoms with Gasteiger partial charge in [0.25, 0.3) is 5.92 Å². The molecule has 10 nitrogen and oxygen atoms in total. The molecule has 12 heteroatoms. The van der Waals surface area contributed by atoms with Crippen molar-refractivity contribution in [1.29, 1.82) is 0 Å². The van der Waals surface area contributed by atoms with Crippen LogP contribution in [0.4, 0.5) is 20.3 Å². The average molecular weight is 561 g/mol. The van der Waals surface area contributed by atoms with Crippen molar-refractivity contribution in [2.75, 3.05) is 30.0 Å². The van der Waals surface area contributed by atoms with Crippen LogP contribution in [0, 0.1) is 0 Å². The highest BCUT2D eigenvalue weighted by atomic mass is 19.3. The van der Waals surface area contributed by atoms with E-state index in [9.17, 15) is 13.6 Å². The van der Waals surface area contributed by atoms with Crippen molar-refractivity contribution < 1.29 is 18.3 Å².